The van der Waals surface area contributed by atoms with E-state index in [1.54, 1.807) is 6.07 Å². The number of benzene rings is 1. The van der Waals surface area contributed by atoms with Crippen molar-refractivity contribution in [3.05, 3.63) is 33.8 Å². The van der Waals surface area contributed by atoms with Gasteiger partial charge < -0.3 is 4.74 Å². The summed E-state index contributed by atoms with van der Waals surface area (Å²) in [5.74, 6) is -1.27. The van der Waals surface area contributed by atoms with Crippen LogP contribution in [0.1, 0.15) is 15.9 Å². The molecular weight excluding hydrogens is 260 g/mol. The minimum absolute atomic E-state index is 0.149. The Morgan fingerprint density at radius 2 is 2.27 bits per heavy atom. The van der Waals surface area contributed by atoms with Gasteiger partial charge in [-0.25, -0.2) is 0 Å². The molecular formula is C11H9BrO3. The minimum Gasteiger partial charge on any atom is -0.468 e. The van der Waals surface area contributed by atoms with Crippen LogP contribution in [0.3, 0.4) is 0 Å². The molecule has 0 saturated heterocycles. The molecule has 1 aliphatic carbocycles. The zero-order chi connectivity index (χ0) is 11.0. The first-order valence-electron chi connectivity index (χ1n) is 4.54. The van der Waals surface area contributed by atoms with E-state index in [0.717, 1.165) is 10.0 Å². The standard InChI is InChI=1S/C11H9BrO3/c1-15-11(14)7-5-6-3-2-4-8(12)9(6)10(7)13/h2-4,7H,5H2,1H3. The number of methoxy groups -OCH3 is 1. The minimum atomic E-state index is -0.663. The van der Waals surface area contributed by atoms with Gasteiger partial charge in [0.2, 0.25) is 0 Å². The first-order chi connectivity index (χ1) is 7.15. The lowest BCUT2D eigenvalue weighted by molar-refractivity contribution is -0.143. The zero-order valence-electron chi connectivity index (χ0n) is 8.12. The van der Waals surface area contributed by atoms with Gasteiger partial charge in [0.05, 0.1) is 7.11 Å². The maximum Gasteiger partial charge on any atom is 0.316 e. The summed E-state index contributed by atoms with van der Waals surface area (Å²) in [6.45, 7) is 0. The normalized spacial score (nSPS) is 18.8. The van der Waals surface area contributed by atoms with Crippen molar-refractivity contribution in [3.63, 3.8) is 0 Å². The lowest BCUT2D eigenvalue weighted by atomic mass is 10.1. The summed E-state index contributed by atoms with van der Waals surface area (Å²) in [4.78, 5) is 23.2. The fourth-order valence-electron chi connectivity index (χ4n) is 1.83. The van der Waals surface area contributed by atoms with Gasteiger partial charge in [0, 0.05) is 10.0 Å². The zero-order valence-corrected chi connectivity index (χ0v) is 9.71. The van der Waals surface area contributed by atoms with Gasteiger partial charge in [-0.15, -0.1) is 0 Å². The van der Waals surface area contributed by atoms with E-state index in [9.17, 15) is 9.59 Å². The fraction of sp³-hybridized carbons (Fsp3) is 0.273. The summed E-state index contributed by atoms with van der Waals surface area (Å²) in [6.07, 6.45) is 0.445. The highest BCUT2D eigenvalue weighted by Crippen LogP contribution is 2.32. The molecule has 0 radical (unpaired) electrons. The number of hydrogen-bond donors (Lipinski definition) is 0. The molecule has 3 nitrogen and oxygen atoms in total. The van der Waals surface area contributed by atoms with Crippen LogP contribution in [0.4, 0.5) is 0 Å². The number of ketones is 1. The lowest BCUT2D eigenvalue weighted by Crippen LogP contribution is -2.21. The second kappa shape index (κ2) is 3.77. The van der Waals surface area contributed by atoms with Gasteiger partial charge in [-0.1, -0.05) is 28.1 Å². The molecule has 78 valence electrons. The van der Waals surface area contributed by atoms with E-state index in [2.05, 4.69) is 20.7 Å². The molecule has 1 atom stereocenters. The Labute approximate surface area is 95.6 Å². The van der Waals surface area contributed by atoms with Crippen LogP contribution in [-0.4, -0.2) is 18.9 Å². The van der Waals surface area contributed by atoms with Crippen molar-refractivity contribution in [1.82, 2.24) is 0 Å². The number of carbonyl (C=O) groups excluding carboxylic acids is 2. The third kappa shape index (κ3) is 1.59. The Balaban J connectivity index is 2.42. The van der Waals surface area contributed by atoms with Gasteiger partial charge in [0.1, 0.15) is 5.92 Å². The average molecular weight is 269 g/mol. The van der Waals surface area contributed by atoms with Crippen LogP contribution in [0.2, 0.25) is 0 Å². The quantitative estimate of drug-likeness (QED) is 0.578. The Kier molecular flexibility index (Phi) is 2.61. The molecule has 0 aliphatic heterocycles. The number of hydrogen-bond acceptors (Lipinski definition) is 3. The molecule has 0 fully saturated rings. The van der Waals surface area contributed by atoms with Gasteiger partial charge in [-0.2, -0.15) is 0 Å². The van der Waals surface area contributed by atoms with Gasteiger partial charge in [-0.05, 0) is 18.1 Å². The van der Waals surface area contributed by atoms with Crippen LogP contribution in [0.25, 0.3) is 0 Å². The molecule has 0 N–H and O–H groups in total. The smallest absolute Gasteiger partial charge is 0.316 e. The third-order valence-corrected chi connectivity index (χ3v) is 3.23. The van der Waals surface area contributed by atoms with Crippen LogP contribution in [0, 0.1) is 5.92 Å². The molecule has 15 heavy (non-hydrogen) atoms. The number of rotatable bonds is 1. The molecule has 0 bridgehead atoms. The third-order valence-electron chi connectivity index (χ3n) is 2.57. The highest BCUT2D eigenvalue weighted by atomic mass is 79.9. The van der Waals surface area contributed by atoms with Crippen molar-refractivity contribution in [2.24, 2.45) is 5.92 Å². The van der Waals surface area contributed by atoms with Crippen molar-refractivity contribution in [3.8, 4) is 0 Å². The van der Waals surface area contributed by atoms with E-state index >= 15 is 0 Å². The van der Waals surface area contributed by atoms with Crippen molar-refractivity contribution in [1.29, 1.82) is 0 Å². The van der Waals surface area contributed by atoms with E-state index < -0.39 is 11.9 Å². The first kappa shape index (κ1) is 10.4. The van der Waals surface area contributed by atoms with Crippen molar-refractivity contribution in [2.75, 3.05) is 7.11 Å². The Hall–Kier alpha value is -1.16. The van der Waals surface area contributed by atoms with Crippen molar-refractivity contribution >= 4 is 27.7 Å². The van der Waals surface area contributed by atoms with Gasteiger partial charge in [0.25, 0.3) is 0 Å². The molecule has 0 amide bonds. The molecule has 1 aromatic carbocycles. The highest BCUT2D eigenvalue weighted by molar-refractivity contribution is 9.10. The predicted molar refractivity (Wildman–Crippen MR) is 57.7 cm³/mol. The van der Waals surface area contributed by atoms with E-state index in [-0.39, 0.29) is 5.78 Å². The Bertz CT molecular complexity index is 439. The van der Waals surface area contributed by atoms with Crippen LogP contribution in [0.5, 0.6) is 0 Å². The monoisotopic (exact) mass is 268 g/mol. The molecule has 0 spiro atoms. The molecule has 0 heterocycles. The summed E-state index contributed by atoms with van der Waals surface area (Å²) in [6, 6.07) is 5.52. The van der Waals surface area contributed by atoms with E-state index in [0.29, 0.717) is 12.0 Å². The van der Waals surface area contributed by atoms with Crippen molar-refractivity contribution < 1.29 is 14.3 Å². The summed E-state index contributed by atoms with van der Waals surface area (Å²) in [5, 5.41) is 0. The summed E-state index contributed by atoms with van der Waals surface area (Å²) in [7, 11) is 1.30. The lowest BCUT2D eigenvalue weighted by Gasteiger charge is -2.03. The summed E-state index contributed by atoms with van der Waals surface area (Å²) in [5.41, 5.74) is 1.53. The average Bonchev–Trinajstić information content (AvgIpc) is 2.56. The summed E-state index contributed by atoms with van der Waals surface area (Å²) < 4.78 is 5.35. The molecule has 4 heteroatoms. The highest BCUT2D eigenvalue weighted by Gasteiger charge is 2.37. The van der Waals surface area contributed by atoms with E-state index in [1.165, 1.54) is 7.11 Å². The van der Waals surface area contributed by atoms with Crippen LogP contribution in [-0.2, 0) is 16.0 Å². The number of ether oxygens (including phenoxy) is 1. The van der Waals surface area contributed by atoms with Crippen LogP contribution < -0.4 is 0 Å². The van der Waals surface area contributed by atoms with Crippen LogP contribution in [0.15, 0.2) is 22.7 Å². The fourth-order valence-corrected chi connectivity index (χ4v) is 2.44. The second-order valence-corrected chi connectivity index (χ2v) is 4.27. The topological polar surface area (TPSA) is 43.4 Å². The molecule has 0 saturated carbocycles. The molecule has 1 aliphatic rings. The number of Topliss-reactive ketones (excluding diaryl/α,β-unsaturated/α-hetero) is 1. The van der Waals surface area contributed by atoms with Gasteiger partial charge in [0.15, 0.2) is 5.78 Å². The maximum atomic E-state index is 11.9. The van der Waals surface area contributed by atoms with Crippen molar-refractivity contribution in [2.45, 2.75) is 6.42 Å². The number of esters is 1. The van der Waals surface area contributed by atoms with Gasteiger partial charge in [-0.3, -0.25) is 9.59 Å². The summed E-state index contributed by atoms with van der Waals surface area (Å²) >= 11 is 3.31. The van der Waals surface area contributed by atoms with Crippen LogP contribution >= 0.6 is 15.9 Å². The number of carbonyl (C=O) groups is 2. The predicted octanol–water partition coefficient (Wildman–Crippen LogP) is 1.98. The molecule has 2 rings (SSSR count). The number of halogens is 1. The molecule has 1 aromatic rings. The SMILES string of the molecule is COC(=O)C1Cc2cccc(Br)c2C1=O. The second-order valence-electron chi connectivity index (χ2n) is 3.42. The van der Waals surface area contributed by atoms with E-state index in [4.69, 9.17) is 0 Å². The van der Waals surface area contributed by atoms with E-state index in [1.807, 2.05) is 12.1 Å². The first-order valence-corrected chi connectivity index (χ1v) is 5.34. The number of fused-ring (bicyclic) bond motifs is 1. The van der Waals surface area contributed by atoms with Gasteiger partial charge >= 0.3 is 5.97 Å². The molecule has 0 aromatic heterocycles. The Morgan fingerprint density at radius 3 is 2.87 bits per heavy atom. The Morgan fingerprint density at radius 1 is 1.53 bits per heavy atom. The maximum absolute atomic E-state index is 11.9. The molecule has 1 unspecified atom stereocenters. The largest absolute Gasteiger partial charge is 0.468 e.